The fourth-order valence-corrected chi connectivity index (χ4v) is 2.62. The minimum atomic E-state index is -0.556. The normalized spacial score (nSPS) is 12.2. The second kappa shape index (κ2) is 5.38. The third-order valence-electron chi connectivity index (χ3n) is 2.84. The molecule has 0 amide bonds. The van der Waals surface area contributed by atoms with Crippen molar-refractivity contribution in [2.24, 2.45) is 0 Å². The lowest BCUT2D eigenvalue weighted by atomic mass is 10.1. The molecule has 18 heavy (non-hydrogen) atoms. The molecule has 3 heteroatoms. The van der Waals surface area contributed by atoms with E-state index in [1.807, 2.05) is 55.4 Å². The molecule has 1 atom stereocenters. The molecule has 0 bridgehead atoms. The van der Waals surface area contributed by atoms with Crippen LogP contribution in [0.25, 0.3) is 6.08 Å². The van der Waals surface area contributed by atoms with E-state index in [1.165, 1.54) is 0 Å². The summed E-state index contributed by atoms with van der Waals surface area (Å²) in [6.07, 6.45) is 1.25. The molecule has 1 N–H and O–H groups in total. The van der Waals surface area contributed by atoms with Gasteiger partial charge >= 0.3 is 0 Å². The Bertz CT molecular complexity index is 528. The van der Waals surface area contributed by atoms with Crippen molar-refractivity contribution in [1.82, 2.24) is 0 Å². The Kier molecular flexibility index (Phi) is 3.84. The maximum atomic E-state index is 10.3. The Balaban J connectivity index is 2.22. The monoisotopic (exact) mass is 259 g/mol. The van der Waals surface area contributed by atoms with Crippen molar-refractivity contribution >= 4 is 23.1 Å². The first-order valence-electron chi connectivity index (χ1n) is 5.79. The van der Waals surface area contributed by atoms with Crippen LogP contribution in [0.15, 0.2) is 43.0 Å². The second-order valence-corrected chi connectivity index (χ2v) is 5.48. The van der Waals surface area contributed by atoms with Crippen molar-refractivity contribution < 1.29 is 5.11 Å². The first kappa shape index (κ1) is 12.9. The van der Waals surface area contributed by atoms with Crippen LogP contribution >= 0.6 is 11.3 Å². The number of hydrogen-bond acceptors (Lipinski definition) is 3. The maximum absolute atomic E-state index is 10.3. The van der Waals surface area contributed by atoms with Gasteiger partial charge < -0.3 is 10.0 Å². The summed E-state index contributed by atoms with van der Waals surface area (Å²) in [5.41, 5.74) is 2.04. The molecule has 1 aromatic heterocycles. The molecular formula is C15H17NOS. The SMILES string of the molecule is C=Cc1ccc(C(O)c2ccc(N(C)C)cc2)s1. The summed E-state index contributed by atoms with van der Waals surface area (Å²) in [5, 5.41) is 10.3. The highest BCUT2D eigenvalue weighted by molar-refractivity contribution is 7.13. The summed E-state index contributed by atoms with van der Waals surface area (Å²) >= 11 is 1.57. The van der Waals surface area contributed by atoms with Gasteiger partial charge in [-0.15, -0.1) is 11.3 Å². The van der Waals surface area contributed by atoms with Gasteiger partial charge in [-0.1, -0.05) is 24.8 Å². The van der Waals surface area contributed by atoms with Gasteiger partial charge in [-0.3, -0.25) is 0 Å². The molecule has 1 aromatic carbocycles. The molecule has 0 aliphatic carbocycles. The van der Waals surface area contributed by atoms with Crippen LogP contribution in [-0.2, 0) is 0 Å². The average Bonchev–Trinajstić information content (AvgIpc) is 2.86. The van der Waals surface area contributed by atoms with Crippen LogP contribution in [0, 0.1) is 0 Å². The van der Waals surface area contributed by atoms with Gasteiger partial charge in [0, 0.05) is 29.5 Å². The number of aliphatic hydroxyl groups excluding tert-OH is 1. The van der Waals surface area contributed by atoms with E-state index in [4.69, 9.17) is 0 Å². The Morgan fingerprint density at radius 3 is 2.33 bits per heavy atom. The number of aliphatic hydroxyl groups is 1. The standard InChI is InChI=1S/C15H17NOS/c1-4-13-9-10-14(18-13)15(17)11-5-7-12(8-6-11)16(2)3/h4-10,15,17H,1H2,2-3H3. The summed E-state index contributed by atoms with van der Waals surface area (Å²) in [6.45, 7) is 3.73. The largest absolute Gasteiger partial charge is 0.383 e. The predicted molar refractivity (Wildman–Crippen MR) is 79.2 cm³/mol. The first-order valence-corrected chi connectivity index (χ1v) is 6.61. The molecule has 94 valence electrons. The van der Waals surface area contributed by atoms with Crippen LogP contribution in [-0.4, -0.2) is 19.2 Å². The molecule has 2 nitrogen and oxygen atoms in total. The van der Waals surface area contributed by atoms with Crippen molar-refractivity contribution in [1.29, 1.82) is 0 Å². The smallest absolute Gasteiger partial charge is 0.113 e. The van der Waals surface area contributed by atoms with Gasteiger partial charge in [0.2, 0.25) is 0 Å². The Hall–Kier alpha value is -1.58. The van der Waals surface area contributed by atoms with Gasteiger partial charge in [-0.2, -0.15) is 0 Å². The van der Waals surface area contributed by atoms with E-state index in [2.05, 4.69) is 6.58 Å². The zero-order valence-corrected chi connectivity index (χ0v) is 11.4. The molecule has 0 spiro atoms. The van der Waals surface area contributed by atoms with E-state index in [0.29, 0.717) is 0 Å². The number of hydrogen-bond donors (Lipinski definition) is 1. The highest BCUT2D eigenvalue weighted by Crippen LogP contribution is 2.29. The van der Waals surface area contributed by atoms with Crippen molar-refractivity contribution in [3.8, 4) is 0 Å². The van der Waals surface area contributed by atoms with Crippen LogP contribution in [0.2, 0.25) is 0 Å². The molecule has 0 saturated heterocycles. The van der Waals surface area contributed by atoms with Gasteiger partial charge in [0.25, 0.3) is 0 Å². The Morgan fingerprint density at radius 1 is 1.17 bits per heavy atom. The highest BCUT2D eigenvalue weighted by atomic mass is 32.1. The van der Waals surface area contributed by atoms with Crippen LogP contribution in [0.4, 0.5) is 5.69 Å². The van der Waals surface area contributed by atoms with Gasteiger partial charge in [-0.05, 0) is 29.8 Å². The molecule has 0 aliphatic heterocycles. The van der Waals surface area contributed by atoms with E-state index >= 15 is 0 Å². The average molecular weight is 259 g/mol. The quantitative estimate of drug-likeness (QED) is 0.908. The Labute approximate surface area is 112 Å². The van der Waals surface area contributed by atoms with E-state index in [0.717, 1.165) is 21.0 Å². The lowest BCUT2D eigenvalue weighted by Crippen LogP contribution is -2.08. The van der Waals surface area contributed by atoms with Gasteiger partial charge in [0.1, 0.15) is 6.10 Å². The van der Waals surface area contributed by atoms with Crippen LogP contribution in [0.5, 0.6) is 0 Å². The minimum Gasteiger partial charge on any atom is -0.383 e. The molecule has 0 fully saturated rings. The second-order valence-electron chi connectivity index (χ2n) is 4.33. The molecule has 0 saturated carbocycles. The molecule has 2 aromatic rings. The zero-order chi connectivity index (χ0) is 13.1. The van der Waals surface area contributed by atoms with Crippen molar-refractivity contribution in [3.63, 3.8) is 0 Å². The third kappa shape index (κ3) is 2.63. The summed E-state index contributed by atoms with van der Waals surface area (Å²) in [4.78, 5) is 4.06. The molecule has 0 aliphatic rings. The summed E-state index contributed by atoms with van der Waals surface area (Å²) in [7, 11) is 4.00. The molecule has 1 unspecified atom stereocenters. The lowest BCUT2D eigenvalue weighted by molar-refractivity contribution is 0.224. The van der Waals surface area contributed by atoms with E-state index < -0.39 is 6.10 Å². The number of thiophene rings is 1. The van der Waals surface area contributed by atoms with Crippen LogP contribution in [0.1, 0.15) is 21.4 Å². The zero-order valence-electron chi connectivity index (χ0n) is 10.6. The fraction of sp³-hybridized carbons (Fsp3) is 0.200. The van der Waals surface area contributed by atoms with Crippen molar-refractivity contribution in [2.75, 3.05) is 19.0 Å². The maximum Gasteiger partial charge on any atom is 0.113 e. The topological polar surface area (TPSA) is 23.5 Å². The lowest BCUT2D eigenvalue weighted by Gasteiger charge is -2.14. The Morgan fingerprint density at radius 2 is 1.83 bits per heavy atom. The van der Waals surface area contributed by atoms with Crippen LogP contribution < -0.4 is 4.90 Å². The third-order valence-corrected chi connectivity index (χ3v) is 3.98. The summed E-state index contributed by atoms with van der Waals surface area (Å²) in [6, 6.07) is 11.9. The van der Waals surface area contributed by atoms with Gasteiger partial charge in [0.15, 0.2) is 0 Å². The summed E-state index contributed by atoms with van der Waals surface area (Å²) in [5.74, 6) is 0. The first-order chi connectivity index (χ1) is 8.61. The fourth-order valence-electron chi connectivity index (χ4n) is 1.74. The number of benzene rings is 1. The van der Waals surface area contributed by atoms with E-state index in [-0.39, 0.29) is 0 Å². The van der Waals surface area contributed by atoms with Crippen molar-refractivity contribution in [3.05, 3.63) is 58.3 Å². The van der Waals surface area contributed by atoms with Crippen LogP contribution in [0.3, 0.4) is 0 Å². The highest BCUT2D eigenvalue weighted by Gasteiger charge is 2.12. The number of nitrogens with zero attached hydrogens (tertiary/aromatic N) is 1. The molecule has 1 heterocycles. The predicted octanol–water partition coefficient (Wildman–Crippen LogP) is 3.54. The van der Waals surface area contributed by atoms with E-state index in [1.54, 1.807) is 17.4 Å². The van der Waals surface area contributed by atoms with Gasteiger partial charge in [0.05, 0.1) is 0 Å². The number of anilines is 1. The summed E-state index contributed by atoms with van der Waals surface area (Å²) < 4.78 is 0. The molecule has 2 rings (SSSR count). The minimum absolute atomic E-state index is 0.556. The van der Waals surface area contributed by atoms with Crippen molar-refractivity contribution in [2.45, 2.75) is 6.10 Å². The number of rotatable bonds is 4. The molecular weight excluding hydrogens is 242 g/mol. The van der Waals surface area contributed by atoms with Gasteiger partial charge in [-0.25, -0.2) is 0 Å². The molecule has 0 radical (unpaired) electrons. The van der Waals surface area contributed by atoms with E-state index in [9.17, 15) is 5.11 Å².